The van der Waals surface area contributed by atoms with Gasteiger partial charge in [0.25, 0.3) is 5.69 Å². The summed E-state index contributed by atoms with van der Waals surface area (Å²) in [4.78, 5) is 43.9. The molecular weight excluding hydrogens is 464 g/mol. The molecule has 0 saturated carbocycles. The second kappa shape index (κ2) is 12.4. The van der Waals surface area contributed by atoms with Crippen molar-refractivity contribution in [3.05, 3.63) is 52.1 Å². The molecule has 0 bridgehead atoms. The van der Waals surface area contributed by atoms with E-state index in [4.69, 9.17) is 20.7 Å². The Morgan fingerprint density at radius 1 is 1.14 bits per heavy atom. The minimum atomic E-state index is -1.23. The van der Waals surface area contributed by atoms with E-state index in [9.17, 15) is 29.8 Å². The molecule has 0 spiro atoms. The van der Waals surface area contributed by atoms with Crippen LogP contribution in [0.2, 0.25) is 0 Å². The van der Waals surface area contributed by atoms with E-state index in [2.05, 4.69) is 15.5 Å². The van der Waals surface area contributed by atoms with Gasteiger partial charge in [-0.15, -0.1) is 10.2 Å². The number of benzene rings is 2. The molecule has 1 unspecified atom stereocenters. The Morgan fingerprint density at radius 2 is 1.83 bits per heavy atom. The van der Waals surface area contributed by atoms with Crippen molar-refractivity contribution >= 4 is 40.6 Å². The lowest BCUT2D eigenvalue weighted by Crippen LogP contribution is -2.31. The SMILES string of the molecule is N#Cc1cc([N+](=O)[O-])ccc1/N=N/c1ccc(NC(=O)CCC(N)C(=O)O)cc1OCCC(=O)O. The molecule has 0 aliphatic carbocycles. The highest BCUT2D eigenvalue weighted by Gasteiger charge is 2.15. The number of nitrogens with one attached hydrogen (secondary N) is 1. The zero-order valence-corrected chi connectivity index (χ0v) is 18.1. The summed E-state index contributed by atoms with van der Waals surface area (Å²) in [6, 6.07) is 8.31. The van der Waals surface area contributed by atoms with E-state index < -0.39 is 28.8 Å². The first-order valence-electron chi connectivity index (χ1n) is 9.98. The van der Waals surface area contributed by atoms with Gasteiger partial charge in [-0.05, 0) is 24.6 Å². The predicted octanol–water partition coefficient (Wildman–Crippen LogP) is 2.87. The molecular formula is C21H20N6O8. The van der Waals surface area contributed by atoms with E-state index in [0.29, 0.717) is 0 Å². The number of nitro benzene ring substituents is 1. The van der Waals surface area contributed by atoms with Crippen LogP contribution in [0, 0.1) is 21.4 Å². The van der Waals surface area contributed by atoms with Crippen molar-refractivity contribution in [2.24, 2.45) is 16.0 Å². The number of nitrogens with two attached hydrogens (primary N) is 1. The number of aliphatic carboxylic acids is 2. The minimum Gasteiger partial charge on any atom is -0.491 e. The number of rotatable bonds is 12. The van der Waals surface area contributed by atoms with E-state index in [0.717, 1.165) is 12.1 Å². The number of azo groups is 1. The molecule has 14 heteroatoms. The minimum absolute atomic E-state index is 0.0572. The first-order valence-corrected chi connectivity index (χ1v) is 9.98. The average Bonchev–Trinajstić information content (AvgIpc) is 2.81. The summed E-state index contributed by atoms with van der Waals surface area (Å²) in [5, 5.41) is 48.2. The van der Waals surface area contributed by atoms with Crippen LogP contribution in [0.5, 0.6) is 5.75 Å². The molecule has 2 aromatic rings. The average molecular weight is 484 g/mol. The lowest BCUT2D eigenvalue weighted by molar-refractivity contribution is -0.384. The van der Waals surface area contributed by atoms with Gasteiger partial charge in [-0.3, -0.25) is 24.5 Å². The summed E-state index contributed by atoms with van der Waals surface area (Å²) in [6.07, 6.45) is -0.547. The molecule has 2 rings (SSSR count). The van der Waals surface area contributed by atoms with Gasteiger partial charge < -0.3 is 26.0 Å². The second-order valence-electron chi connectivity index (χ2n) is 6.98. The maximum Gasteiger partial charge on any atom is 0.320 e. The molecule has 0 radical (unpaired) electrons. The normalized spacial score (nSPS) is 11.4. The number of carboxylic acid groups (broad SMARTS) is 2. The van der Waals surface area contributed by atoms with Crippen LogP contribution in [0.1, 0.15) is 24.8 Å². The fourth-order valence-corrected chi connectivity index (χ4v) is 2.59. The summed E-state index contributed by atoms with van der Waals surface area (Å²) in [5.74, 6) is -2.77. The summed E-state index contributed by atoms with van der Waals surface area (Å²) >= 11 is 0. The van der Waals surface area contributed by atoms with Crippen LogP contribution < -0.4 is 15.8 Å². The Balaban J connectivity index is 2.26. The van der Waals surface area contributed by atoms with Crippen molar-refractivity contribution in [2.75, 3.05) is 11.9 Å². The van der Waals surface area contributed by atoms with Crippen LogP contribution >= 0.6 is 0 Å². The summed E-state index contributed by atoms with van der Waals surface area (Å²) in [6.45, 7) is -0.219. The molecule has 0 aromatic heterocycles. The Bertz CT molecular complexity index is 1210. The molecule has 14 nitrogen and oxygen atoms in total. The number of nitriles is 1. The van der Waals surface area contributed by atoms with Gasteiger partial charge in [0, 0.05) is 30.3 Å². The van der Waals surface area contributed by atoms with E-state index >= 15 is 0 Å². The van der Waals surface area contributed by atoms with Crippen LogP contribution in [0.3, 0.4) is 0 Å². The fourth-order valence-electron chi connectivity index (χ4n) is 2.59. The van der Waals surface area contributed by atoms with Crippen LogP contribution in [0.4, 0.5) is 22.7 Å². The number of non-ortho nitro benzene ring substituents is 1. The van der Waals surface area contributed by atoms with Gasteiger partial charge in [-0.2, -0.15) is 5.26 Å². The number of anilines is 1. The third-order valence-electron chi connectivity index (χ3n) is 4.39. The zero-order valence-electron chi connectivity index (χ0n) is 18.1. The number of hydrogen-bond acceptors (Lipinski definition) is 10. The summed E-state index contributed by atoms with van der Waals surface area (Å²) < 4.78 is 5.46. The van der Waals surface area contributed by atoms with Crippen molar-refractivity contribution in [1.29, 1.82) is 5.26 Å². The van der Waals surface area contributed by atoms with Crippen molar-refractivity contribution < 1.29 is 34.3 Å². The number of nitro groups is 1. The van der Waals surface area contributed by atoms with Crippen molar-refractivity contribution in [1.82, 2.24) is 0 Å². The number of nitrogens with zero attached hydrogens (tertiary/aromatic N) is 4. The van der Waals surface area contributed by atoms with E-state index in [-0.39, 0.29) is 59.9 Å². The topological polar surface area (TPSA) is 231 Å². The van der Waals surface area contributed by atoms with Crippen molar-refractivity contribution in [3.8, 4) is 11.8 Å². The smallest absolute Gasteiger partial charge is 0.320 e. The quantitative estimate of drug-likeness (QED) is 0.195. The predicted molar refractivity (Wildman–Crippen MR) is 120 cm³/mol. The number of hydrogen-bond donors (Lipinski definition) is 4. The van der Waals surface area contributed by atoms with Crippen molar-refractivity contribution in [3.63, 3.8) is 0 Å². The lowest BCUT2D eigenvalue weighted by Gasteiger charge is -2.11. The van der Waals surface area contributed by atoms with Gasteiger partial charge in [0.2, 0.25) is 5.91 Å². The lowest BCUT2D eigenvalue weighted by atomic mass is 10.1. The molecule has 182 valence electrons. The van der Waals surface area contributed by atoms with Crippen LogP contribution in [-0.4, -0.2) is 45.6 Å². The van der Waals surface area contributed by atoms with Gasteiger partial charge in [-0.25, -0.2) is 0 Å². The first kappa shape index (κ1) is 26.4. The Kier molecular flexibility index (Phi) is 9.31. The summed E-state index contributed by atoms with van der Waals surface area (Å²) in [5.41, 5.74) is 5.46. The molecule has 1 atom stereocenters. The highest BCUT2D eigenvalue weighted by Crippen LogP contribution is 2.33. The van der Waals surface area contributed by atoms with Gasteiger partial charge in [0.15, 0.2) is 0 Å². The Morgan fingerprint density at radius 3 is 2.46 bits per heavy atom. The molecule has 5 N–H and O–H groups in total. The molecule has 0 heterocycles. The third kappa shape index (κ3) is 8.18. The van der Waals surface area contributed by atoms with Crippen molar-refractivity contribution in [2.45, 2.75) is 25.3 Å². The Labute approximate surface area is 197 Å². The van der Waals surface area contributed by atoms with Gasteiger partial charge in [0.1, 0.15) is 29.2 Å². The highest BCUT2D eigenvalue weighted by molar-refractivity contribution is 5.91. The zero-order chi connectivity index (χ0) is 26.0. The Hall–Kier alpha value is -4.90. The fraction of sp³-hybridized carbons (Fsp3) is 0.238. The molecule has 2 aromatic carbocycles. The summed E-state index contributed by atoms with van der Waals surface area (Å²) in [7, 11) is 0. The maximum atomic E-state index is 12.1. The van der Waals surface area contributed by atoms with Crippen LogP contribution in [-0.2, 0) is 14.4 Å². The molecule has 1 amide bonds. The first-order chi connectivity index (χ1) is 16.6. The number of carboxylic acids is 2. The van der Waals surface area contributed by atoms with E-state index in [1.165, 1.54) is 24.3 Å². The molecule has 0 aliphatic heterocycles. The number of carbonyl (C=O) groups is 3. The van der Waals surface area contributed by atoms with Crippen LogP contribution in [0.25, 0.3) is 0 Å². The monoisotopic (exact) mass is 484 g/mol. The largest absolute Gasteiger partial charge is 0.491 e. The molecule has 0 saturated heterocycles. The molecule has 0 fully saturated rings. The second-order valence-corrected chi connectivity index (χ2v) is 6.98. The molecule has 35 heavy (non-hydrogen) atoms. The van der Waals surface area contributed by atoms with Gasteiger partial charge in [0.05, 0.1) is 23.5 Å². The number of ether oxygens (including phenoxy) is 1. The van der Waals surface area contributed by atoms with E-state index in [1.54, 1.807) is 6.07 Å². The highest BCUT2D eigenvalue weighted by atomic mass is 16.6. The third-order valence-corrected chi connectivity index (χ3v) is 4.39. The standard InChI is InChI=1S/C21H20N6O8/c22-11-12-9-14(27(33)34)2-5-16(12)25-26-17-4-1-13(10-18(17)35-8-7-20(29)30)24-19(28)6-3-15(23)21(31)32/h1-2,4-5,9-10,15H,3,6-8,23H2,(H,24,28)(H,29,30)(H,31,32)/b26-25+. The maximum absolute atomic E-state index is 12.1. The number of carbonyl (C=O) groups excluding carboxylic acids is 1. The number of amides is 1. The van der Waals surface area contributed by atoms with E-state index in [1.807, 2.05) is 0 Å². The van der Waals surface area contributed by atoms with Crippen LogP contribution in [0.15, 0.2) is 46.6 Å². The van der Waals surface area contributed by atoms with Gasteiger partial charge >= 0.3 is 11.9 Å². The molecule has 0 aliphatic rings. The van der Waals surface area contributed by atoms with Gasteiger partial charge in [-0.1, -0.05) is 0 Å².